The van der Waals surface area contributed by atoms with Crippen molar-refractivity contribution in [1.29, 1.82) is 0 Å². The Morgan fingerprint density at radius 3 is 2.51 bits per heavy atom. The Balaban J connectivity index is 1.64. The lowest BCUT2D eigenvalue weighted by atomic mass is 10.1. The molecule has 2 aromatic carbocycles. The molecule has 0 atom stereocenters. The predicted octanol–water partition coefficient (Wildman–Crippen LogP) is 3.27. The number of aromatic nitrogens is 2. The number of amides is 2. The van der Waals surface area contributed by atoms with Crippen LogP contribution in [0.5, 0.6) is 0 Å². The van der Waals surface area contributed by atoms with E-state index in [1.165, 1.54) is 15.9 Å². The van der Waals surface area contributed by atoms with E-state index < -0.39 is 23.3 Å². The number of rotatable bonds is 5. The summed E-state index contributed by atoms with van der Waals surface area (Å²) in [5, 5.41) is 2.69. The second-order valence-corrected chi connectivity index (χ2v) is 8.61. The van der Waals surface area contributed by atoms with Gasteiger partial charge in [0.25, 0.3) is 17.4 Å². The van der Waals surface area contributed by atoms with Crippen LogP contribution in [0.25, 0.3) is 27.5 Å². The van der Waals surface area contributed by atoms with E-state index in [9.17, 15) is 19.2 Å². The summed E-state index contributed by atoms with van der Waals surface area (Å²) in [4.78, 5) is 54.7. The molecule has 3 N–H and O–H groups in total. The summed E-state index contributed by atoms with van der Waals surface area (Å²) in [6.07, 6.45) is 0. The minimum atomic E-state index is -0.655. The van der Waals surface area contributed by atoms with Crippen LogP contribution >= 0.6 is 11.3 Å². The topological polar surface area (TPSA) is 133 Å². The van der Waals surface area contributed by atoms with Crippen LogP contribution in [0.3, 0.4) is 0 Å². The Morgan fingerprint density at radius 1 is 1.03 bits per heavy atom. The quantitative estimate of drug-likeness (QED) is 0.327. The highest BCUT2D eigenvalue weighted by atomic mass is 32.1. The van der Waals surface area contributed by atoms with Gasteiger partial charge in [0, 0.05) is 17.2 Å². The first-order valence-corrected chi connectivity index (χ1v) is 11.5. The average molecular weight is 487 g/mol. The fourth-order valence-corrected chi connectivity index (χ4v) is 4.87. The molecule has 0 unspecified atom stereocenters. The number of ether oxygens (including phenoxy) is 1. The second kappa shape index (κ2) is 8.65. The van der Waals surface area contributed by atoms with Crippen molar-refractivity contribution in [3.63, 3.8) is 0 Å². The van der Waals surface area contributed by atoms with E-state index in [0.717, 1.165) is 11.6 Å². The number of anilines is 1. The van der Waals surface area contributed by atoms with Gasteiger partial charge < -0.3 is 10.5 Å². The number of pyridine rings is 1. The lowest BCUT2D eigenvalue weighted by Gasteiger charge is -2.12. The molecule has 0 spiro atoms. The van der Waals surface area contributed by atoms with E-state index in [0.29, 0.717) is 26.8 Å². The Morgan fingerprint density at radius 2 is 1.77 bits per heavy atom. The third-order valence-corrected chi connectivity index (χ3v) is 6.52. The highest BCUT2D eigenvalue weighted by Crippen LogP contribution is 2.35. The number of nitrogens with zero attached hydrogens (tertiary/aromatic N) is 2. The SMILES string of the molecule is CCOC(=O)c1sc(-c2cccc(-n3c(N)c4c(cc3=O)C(=O)NC4=O)c2)nc1-c1ccccc1. The normalized spacial score (nSPS) is 12.4. The van der Waals surface area contributed by atoms with Gasteiger partial charge in [0.1, 0.15) is 15.7 Å². The summed E-state index contributed by atoms with van der Waals surface area (Å²) in [6.45, 7) is 1.96. The molecule has 0 aliphatic carbocycles. The van der Waals surface area contributed by atoms with Gasteiger partial charge >= 0.3 is 5.97 Å². The fraction of sp³-hybridized carbons (Fsp3) is 0.0800. The van der Waals surface area contributed by atoms with Crippen LogP contribution in [-0.4, -0.2) is 33.9 Å². The van der Waals surface area contributed by atoms with E-state index in [1.54, 1.807) is 31.2 Å². The predicted molar refractivity (Wildman–Crippen MR) is 131 cm³/mol. The van der Waals surface area contributed by atoms with Gasteiger partial charge in [-0.3, -0.25) is 24.3 Å². The van der Waals surface area contributed by atoms with Crippen LogP contribution in [0, 0.1) is 0 Å². The monoisotopic (exact) mass is 486 g/mol. The van der Waals surface area contributed by atoms with E-state index in [4.69, 9.17) is 15.5 Å². The van der Waals surface area contributed by atoms with Crippen molar-refractivity contribution < 1.29 is 19.1 Å². The van der Waals surface area contributed by atoms with E-state index >= 15 is 0 Å². The van der Waals surface area contributed by atoms with Crippen LogP contribution in [0.4, 0.5) is 5.82 Å². The van der Waals surface area contributed by atoms with E-state index in [-0.39, 0.29) is 23.6 Å². The number of fused-ring (bicyclic) bond motifs is 1. The first kappa shape index (κ1) is 22.2. The smallest absolute Gasteiger partial charge is 0.350 e. The highest BCUT2D eigenvalue weighted by Gasteiger charge is 2.32. The zero-order chi connectivity index (χ0) is 24.7. The van der Waals surface area contributed by atoms with Crippen molar-refractivity contribution in [2.45, 2.75) is 6.92 Å². The van der Waals surface area contributed by atoms with Gasteiger partial charge in [-0.2, -0.15) is 0 Å². The highest BCUT2D eigenvalue weighted by molar-refractivity contribution is 7.17. The summed E-state index contributed by atoms with van der Waals surface area (Å²) in [7, 11) is 0. The largest absolute Gasteiger partial charge is 0.462 e. The number of benzene rings is 2. The molecule has 35 heavy (non-hydrogen) atoms. The van der Waals surface area contributed by atoms with Crippen molar-refractivity contribution >= 4 is 34.9 Å². The standard InChI is InChI=1S/C25H18N4O5S/c1-2-34-25(33)20-19(13-7-4-3-5-8-13)27-24(35-20)14-9-6-10-15(11-14)29-17(30)12-16-18(21(29)26)23(32)28-22(16)31/h3-12H,2,26H2,1H3,(H,28,31,32). The van der Waals surface area contributed by atoms with Crippen LogP contribution in [0.2, 0.25) is 0 Å². The molecule has 2 amide bonds. The third kappa shape index (κ3) is 3.79. The molecule has 0 radical (unpaired) electrons. The number of thiazole rings is 1. The maximum absolute atomic E-state index is 12.8. The Labute approximate surface area is 202 Å². The number of nitrogens with two attached hydrogens (primary N) is 1. The number of carbonyl (C=O) groups is 3. The number of hydrogen-bond donors (Lipinski definition) is 2. The first-order chi connectivity index (χ1) is 16.9. The molecule has 174 valence electrons. The lowest BCUT2D eigenvalue weighted by molar-refractivity contribution is 0.0532. The van der Waals surface area contributed by atoms with Crippen LogP contribution in [0.1, 0.15) is 37.3 Å². The molecule has 0 saturated heterocycles. The minimum absolute atomic E-state index is 0.0368. The molecule has 1 aliphatic rings. The van der Waals surface area contributed by atoms with Crippen molar-refractivity contribution in [3.05, 3.63) is 87.0 Å². The van der Waals surface area contributed by atoms with Crippen molar-refractivity contribution in [3.8, 4) is 27.5 Å². The molecule has 9 nitrogen and oxygen atoms in total. The number of esters is 1. The summed E-state index contributed by atoms with van der Waals surface area (Å²) < 4.78 is 6.39. The molecule has 0 saturated carbocycles. The van der Waals surface area contributed by atoms with Crippen LogP contribution < -0.4 is 16.6 Å². The number of carbonyl (C=O) groups excluding carboxylic acids is 3. The zero-order valence-corrected chi connectivity index (χ0v) is 19.2. The summed E-state index contributed by atoms with van der Waals surface area (Å²) >= 11 is 1.18. The summed E-state index contributed by atoms with van der Waals surface area (Å²) in [5.41, 5.74) is 7.81. The number of nitrogens with one attached hydrogen (secondary N) is 1. The molecule has 1 aliphatic heterocycles. The molecule has 4 aromatic rings. The third-order valence-electron chi connectivity index (χ3n) is 5.44. The lowest BCUT2D eigenvalue weighted by Crippen LogP contribution is -2.24. The molecular weight excluding hydrogens is 468 g/mol. The zero-order valence-electron chi connectivity index (χ0n) is 18.4. The van der Waals surface area contributed by atoms with Gasteiger partial charge in [-0.25, -0.2) is 9.78 Å². The van der Waals surface area contributed by atoms with Gasteiger partial charge in [0.2, 0.25) is 0 Å². The van der Waals surface area contributed by atoms with Crippen molar-refractivity contribution in [1.82, 2.24) is 14.9 Å². The summed E-state index contributed by atoms with van der Waals surface area (Å²) in [5.74, 6) is -1.92. The van der Waals surface area contributed by atoms with Crippen molar-refractivity contribution in [2.24, 2.45) is 0 Å². The van der Waals surface area contributed by atoms with Crippen LogP contribution in [0.15, 0.2) is 65.5 Å². The Hall–Kier alpha value is -4.57. The number of nitrogen functional groups attached to an aromatic ring is 1. The van der Waals surface area contributed by atoms with Gasteiger partial charge in [-0.1, -0.05) is 42.5 Å². The molecule has 3 heterocycles. The Kier molecular flexibility index (Phi) is 5.50. The molecule has 5 rings (SSSR count). The minimum Gasteiger partial charge on any atom is -0.462 e. The van der Waals surface area contributed by atoms with Gasteiger partial charge in [-0.15, -0.1) is 11.3 Å². The average Bonchev–Trinajstić information content (AvgIpc) is 3.41. The van der Waals surface area contributed by atoms with Gasteiger partial charge in [0.05, 0.1) is 29.1 Å². The van der Waals surface area contributed by atoms with Crippen LogP contribution in [-0.2, 0) is 4.74 Å². The second-order valence-electron chi connectivity index (χ2n) is 7.61. The molecule has 0 bridgehead atoms. The van der Waals surface area contributed by atoms with E-state index in [1.807, 2.05) is 30.3 Å². The number of imide groups is 1. The van der Waals surface area contributed by atoms with Gasteiger partial charge in [-0.05, 0) is 19.1 Å². The maximum atomic E-state index is 12.8. The van der Waals surface area contributed by atoms with E-state index in [2.05, 4.69) is 5.32 Å². The fourth-order valence-electron chi connectivity index (χ4n) is 3.89. The molecule has 10 heteroatoms. The molecule has 2 aromatic heterocycles. The van der Waals surface area contributed by atoms with Crippen molar-refractivity contribution in [2.75, 3.05) is 12.3 Å². The molecule has 0 fully saturated rings. The summed E-state index contributed by atoms with van der Waals surface area (Å²) in [6, 6.07) is 17.2. The first-order valence-electron chi connectivity index (χ1n) is 10.6. The van der Waals surface area contributed by atoms with Gasteiger partial charge in [0.15, 0.2) is 0 Å². The number of hydrogen-bond acceptors (Lipinski definition) is 8. The Bertz CT molecular complexity index is 1570. The maximum Gasteiger partial charge on any atom is 0.350 e. The molecular formula is C25H18N4O5S.